The lowest BCUT2D eigenvalue weighted by atomic mass is 9.83. The molecular formula is C26H30N6O7. The van der Waals surface area contributed by atoms with Gasteiger partial charge in [-0.3, -0.25) is 14.2 Å². The largest absolute Gasteiger partial charge is 0.504 e. The maximum atomic E-state index is 12.9. The van der Waals surface area contributed by atoms with Gasteiger partial charge in [-0.15, -0.1) is 0 Å². The van der Waals surface area contributed by atoms with Crippen molar-refractivity contribution in [3.05, 3.63) is 48.1 Å². The average molecular weight is 539 g/mol. The molecule has 3 heterocycles. The second-order valence-electron chi connectivity index (χ2n) is 9.78. The van der Waals surface area contributed by atoms with Crippen LogP contribution in [0.2, 0.25) is 0 Å². The van der Waals surface area contributed by atoms with Crippen LogP contribution >= 0.6 is 0 Å². The number of nitrogens with two attached hydrogens (primary N) is 1. The number of amides is 1. The molecule has 0 radical (unpaired) electrons. The number of imidazole rings is 1. The Labute approximate surface area is 223 Å². The number of nitrogens with one attached hydrogen (secondary N) is 1. The predicted octanol–water partition coefficient (Wildman–Crippen LogP) is 1.19. The minimum Gasteiger partial charge on any atom is -0.504 e. The number of ketones is 1. The van der Waals surface area contributed by atoms with Gasteiger partial charge in [0.25, 0.3) is 5.91 Å². The van der Waals surface area contributed by atoms with E-state index in [1.807, 2.05) is 0 Å². The van der Waals surface area contributed by atoms with Crippen molar-refractivity contribution < 1.29 is 34.8 Å². The molecule has 39 heavy (non-hydrogen) atoms. The van der Waals surface area contributed by atoms with E-state index in [9.17, 15) is 30.0 Å². The fraction of sp³-hybridized carbons (Fsp3) is 0.423. The van der Waals surface area contributed by atoms with Crippen LogP contribution in [0.25, 0.3) is 11.2 Å². The lowest BCUT2D eigenvalue weighted by Gasteiger charge is -2.20. The molecule has 0 spiro atoms. The summed E-state index contributed by atoms with van der Waals surface area (Å²) in [4.78, 5) is 37.8. The number of phenolic OH excluding ortho intramolecular Hbond substituents is 2. The molecule has 2 aliphatic rings. The number of anilines is 1. The summed E-state index contributed by atoms with van der Waals surface area (Å²) in [6.45, 7) is -0.0229. The second-order valence-corrected chi connectivity index (χ2v) is 9.78. The molecular weight excluding hydrogens is 508 g/mol. The molecule has 7 N–H and O–H groups in total. The van der Waals surface area contributed by atoms with Gasteiger partial charge in [-0.25, -0.2) is 15.0 Å². The van der Waals surface area contributed by atoms with Crippen LogP contribution in [-0.2, 0) is 4.74 Å². The summed E-state index contributed by atoms with van der Waals surface area (Å²) in [6.07, 6.45) is 5.68. The van der Waals surface area contributed by atoms with Crippen molar-refractivity contribution in [1.29, 1.82) is 0 Å². The van der Waals surface area contributed by atoms with Crippen LogP contribution in [-0.4, -0.2) is 76.5 Å². The van der Waals surface area contributed by atoms with Crippen molar-refractivity contribution in [2.75, 3.05) is 12.3 Å². The summed E-state index contributed by atoms with van der Waals surface area (Å²) in [5.41, 5.74) is 6.44. The average Bonchev–Trinajstić information content (AvgIpc) is 3.49. The Morgan fingerprint density at radius 2 is 1.87 bits per heavy atom. The van der Waals surface area contributed by atoms with Gasteiger partial charge in [0.1, 0.15) is 30.2 Å². The van der Waals surface area contributed by atoms with Crippen molar-refractivity contribution in [3.63, 3.8) is 0 Å². The van der Waals surface area contributed by atoms with E-state index in [4.69, 9.17) is 10.5 Å². The van der Waals surface area contributed by atoms with Crippen LogP contribution in [0.15, 0.2) is 36.9 Å². The van der Waals surface area contributed by atoms with E-state index < -0.39 is 41.9 Å². The van der Waals surface area contributed by atoms with Crippen molar-refractivity contribution in [2.45, 2.75) is 56.6 Å². The number of rotatable bonds is 7. The molecule has 1 aliphatic heterocycles. The van der Waals surface area contributed by atoms with Gasteiger partial charge >= 0.3 is 0 Å². The number of ether oxygens (including phenoxy) is 1. The minimum atomic E-state index is -1.30. The molecule has 3 aromatic rings. The molecule has 4 unspecified atom stereocenters. The summed E-state index contributed by atoms with van der Waals surface area (Å²) in [5, 5.41) is 44.0. The van der Waals surface area contributed by atoms with Crippen molar-refractivity contribution in [2.24, 2.45) is 5.92 Å². The first-order valence-electron chi connectivity index (χ1n) is 12.8. The normalized spacial score (nSPS) is 23.9. The Hall–Kier alpha value is -4.07. The van der Waals surface area contributed by atoms with E-state index in [1.54, 1.807) is 0 Å². The van der Waals surface area contributed by atoms with E-state index in [0.717, 1.165) is 32.1 Å². The predicted molar refractivity (Wildman–Crippen MR) is 138 cm³/mol. The SMILES string of the molecule is Nc1ncnc2c1ncn2C1OC(C=CCNC(=O)c2cc(C(=O)C3CCCCC3)cc(O)c2O)C(O)C1O. The number of nitrogens with zero attached hydrogens (tertiary/aromatic N) is 4. The van der Waals surface area contributed by atoms with Gasteiger partial charge in [0, 0.05) is 18.0 Å². The monoisotopic (exact) mass is 538 g/mol. The molecule has 206 valence electrons. The molecule has 1 aromatic carbocycles. The maximum Gasteiger partial charge on any atom is 0.255 e. The number of aliphatic hydroxyl groups is 2. The highest BCUT2D eigenvalue weighted by Gasteiger charge is 2.43. The first-order chi connectivity index (χ1) is 18.8. The molecule has 13 nitrogen and oxygen atoms in total. The first kappa shape index (κ1) is 26.5. The number of aromatic hydroxyl groups is 2. The zero-order valence-electron chi connectivity index (χ0n) is 21.0. The van der Waals surface area contributed by atoms with Crippen molar-refractivity contribution in [3.8, 4) is 11.5 Å². The highest BCUT2D eigenvalue weighted by atomic mass is 16.6. The summed E-state index contributed by atoms with van der Waals surface area (Å²) in [6, 6.07) is 2.48. The number of nitrogen functional groups attached to an aromatic ring is 1. The molecule has 1 amide bonds. The number of carbonyl (C=O) groups excluding carboxylic acids is 2. The number of carbonyl (C=O) groups is 2. The molecule has 1 aliphatic carbocycles. The lowest BCUT2D eigenvalue weighted by Crippen LogP contribution is -2.31. The third-order valence-electron chi connectivity index (χ3n) is 7.24. The number of benzene rings is 1. The first-order valence-corrected chi connectivity index (χ1v) is 12.8. The second kappa shape index (κ2) is 11.0. The summed E-state index contributed by atoms with van der Waals surface area (Å²) in [5.74, 6) is -2.00. The van der Waals surface area contributed by atoms with Crippen LogP contribution < -0.4 is 11.1 Å². The number of hydrogen-bond acceptors (Lipinski definition) is 11. The van der Waals surface area contributed by atoms with Gasteiger partial charge in [-0.05, 0) is 25.0 Å². The smallest absolute Gasteiger partial charge is 0.255 e. The number of aliphatic hydroxyl groups excluding tert-OH is 2. The minimum absolute atomic E-state index is 0.0229. The van der Waals surface area contributed by atoms with Crippen LogP contribution in [0.4, 0.5) is 5.82 Å². The van der Waals surface area contributed by atoms with Crippen molar-refractivity contribution >= 4 is 28.7 Å². The fourth-order valence-corrected chi connectivity index (χ4v) is 5.11. The van der Waals surface area contributed by atoms with Crippen LogP contribution in [0.5, 0.6) is 11.5 Å². The number of phenols is 2. The summed E-state index contributed by atoms with van der Waals surface area (Å²) < 4.78 is 7.27. The van der Waals surface area contributed by atoms with Gasteiger partial charge in [-0.2, -0.15) is 0 Å². The lowest BCUT2D eigenvalue weighted by molar-refractivity contribution is -0.0245. The zero-order valence-corrected chi connectivity index (χ0v) is 21.0. The Bertz CT molecular complexity index is 1420. The van der Waals surface area contributed by atoms with Gasteiger partial charge in [-0.1, -0.05) is 31.4 Å². The molecule has 1 saturated carbocycles. The number of Topliss-reactive ketones (excluding diaryl/α,β-unsaturated/α-hetero) is 1. The van der Waals surface area contributed by atoms with Gasteiger partial charge in [0.2, 0.25) is 0 Å². The Kier molecular flexibility index (Phi) is 7.46. The number of aromatic nitrogens is 4. The molecule has 5 rings (SSSR count). The zero-order chi connectivity index (χ0) is 27.7. The Morgan fingerprint density at radius 1 is 1.10 bits per heavy atom. The van der Waals surface area contributed by atoms with E-state index >= 15 is 0 Å². The topological polar surface area (TPSA) is 206 Å². The quantitative estimate of drug-likeness (QED) is 0.143. The van der Waals surface area contributed by atoms with E-state index in [-0.39, 0.29) is 35.2 Å². The highest BCUT2D eigenvalue weighted by molar-refractivity contribution is 6.04. The van der Waals surface area contributed by atoms with Crippen LogP contribution in [0.1, 0.15) is 59.0 Å². The molecule has 2 aromatic heterocycles. The highest BCUT2D eigenvalue weighted by Crippen LogP contribution is 2.34. The van der Waals surface area contributed by atoms with E-state index in [0.29, 0.717) is 11.2 Å². The molecule has 4 atom stereocenters. The third-order valence-corrected chi connectivity index (χ3v) is 7.24. The standard InChI is InChI=1S/C26H30N6O7/c27-23-18-24(30-11-29-23)32(12-31-18)26-22(37)21(36)17(39-26)7-4-8-28-25(38)15-9-14(10-16(33)20(15)35)19(34)13-5-2-1-3-6-13/h4,7,9-13,17,21-22,26,33,35-37H,1-3,5-6,8H2,(H,28,38)(H2,27,29,30). The Morgan fingerprint density at radius 3 is 2.64 bits per heavy atom. The number of fused-ring (bicyclic) bond motifs is 1. The van der Waals surface area contributed by atoms with Gasteiger partial charge in [0.05, 0.1) is 11.9 Å². The molecule has 13 heteroatoms. The summed E-state index contributed by atoms with van der Waals surface area (Å²) in [7, 11) is 0. The number of hydrogen-bond donors (Lipinski definition) is 6. The van der Waals surface area contributed by atoms with Gasteiger partial charge in [0.15, 0.2) is 35.0 Å². The van der Waals surface area contributed by atoms with Crippen LogP contribution in [0.3, 0.4) is 0 Å². The van der Waals surface area contributed by atoms with Gasteiger partial charge < -0.3 is 36.2 Å². The Balaban J connectivity index is 1.23. The molecule has 0 bridgehead atoms. The summed E-state index contributed by atoms with van der Waals surface area (Å²) >= 11 is 0. The third kappa shape index (κ3) is 5.15. The fourth-order valence-electron chi connectivity index (χ4n) is 5.11. The van der Waals surface area contributed by atoms with E-state index in [1.165, 1.54) is 41.5 Å². The van der Waals surface area contributed by atoms with Crippen molar-refractivity contribution in [1.82, 2.24) is 24.8 Å². The maximum absolute atomic E-state index is 12.9. The van der Waals surface area contributed by atoms with E-state index in [2.05, 4.69) is 20.3 Å². The van der Waals surface area contributed by atoms with Crippen LogP contribution in [0, 0.1) is 5.92 Å². The molecule has 2 fully saturated rings. The molecule has 1 saturated heterocycles.